The molecule has 134 valence electrons. The molecule has 1 N–H and O–H groups in total. The molecule has 0 aliphatic heterocycles. The van der Waals surface area contributed by atoms with Gasteiger partial charge in [0.25, 0.3) is 0 Å². The fourth-order valence-electron chi connectivity index (χ4n) is 2.75. The Hall–Kier alpha value is -3.28. The lowest BCUT2D eigenvalue weighted by Crippen LogP contribution is -2.20. The van der Waals surface area contributed by atoms with Crippen molar-refractivity contribution in [3.63, 3.8) is 0 Å². The summed E-state index contributed by atoms with van der Waals surface area (Å²) >= 11 is 0. The SMILES string of the molecule is COc1ccc(NC(=O)Cc2c(C)c3ccc(OC)cc3oc2=O)cc1. The molecule has 1 heterocycles. The summed E-state index contributed by atoms with van der Waals surface area (Å²) < 4.78 is 15.6. The predicted molar refractivity (Wildman–Crippen MR) is 99.1 cm³/mol. The Kier molecular flexibility index (Phi) is 4.93. The van der Waals surface area contributed by atoms with E-state index in [1.165, 1.54) is 0 Å². The molecular formula is C20H19NO5. The second kappa shape index (κ2) is 7.31. The number of amides is 1. The van der Waals surface area contributed by atoms with E-state index in [2.05, 4.69) is 5.32 Å². The van der Waals surface area contributed by atoms with E-state index in [1.54, 1.807) is 50.6 Å². The summed E-state index contributed by atoms with van der Waals surface area (Å²) in [6.07, 6.45) is -0.0673. The topological polar surface area (TPSA) is 77.8 Å². The van der Waals surface area contributed by atoms with E-state index in [1.807, 2.05) is 13.0 Å². The van der Waals surface area contributed by atoms with Crippen molar-refractivity contribution in [1.82, 2.24) is 0 Å². The number of methoxy groups -OCH3 is 2. The van der Waals surface area contributed by atoms with Crippen LogP contribution in [0, 0.1) is 6.92 Å². The van der Waals surface area contributed by atoms with Gasteiger partial charge >= 0.3 is 5.63 Å². The van der Waals surface area contributed by atoms with E-state index < -0.39 is 5.63 Å². The number of benzene rings is 2. The van der Waals surface area contributed by atoms with Crippen molar-refractivity contribution in [1.29, 1.82) is 0 Å². The zero-order valence-electron chi connectivity index (χ0n) is 14.8. The van der Waals surface area contributed by atoms with Gasteiger partial charge in [0.1, 0.15) is 17.1 Å². The summed E-state index contributed by atoms with van der Waals surface area (Å²) in [6, 6.07) is 12.2. The maximum absolute atomic E-state index is 12.3. The highest BCUT2D eigenvalue weighted by Crippen LogP contribution is 2.24. The van der Waals surface area contributed by atoms with Gasteiger partial charge in [0, 0.05) is 17.1 Å². The van der Waals surface area contributed by atoms with Crippen LogP contribution >= 0.6 is 0 Å². The molecule has 0 atom stereocenters. The van der Waals surface area contributed by atoms with Gasteiger partial charge in [0.2, 0.25) is 5.91 Å². The highest BCUT2D eigenvalue weighted by molar-refractivity contribution is 5.93. The second-order valence-electron chi connectivity index (χ2n) is 5.81. The first-order chi connectivity index (χ1) is 12.5. The smallest absolute Gasteiger partial charge is 0.340 e. The summed E-state index contributed by atoms with van der Waals surface area (Å²) in [5, 5.41) is 3.54. The maximum Gasteiger partial charge on any atom is 0.340 e. The molecule has 1 aromatic heterocycles. The Morgan fingerprint density at radius 1 is 1.04 bits per heavy atom. The number of hydrogen-bond donors (Lipinski definition) is 1. The lowest BCUT2D eigenvalue weighted by Gasteiger charge is -2.10. The highest BCUT2D eigenvalue weighted by atomic mass is 16.5. The third kappa shape index (κ3) is 3.54. The van der Waals surface area contributed by atoms with Crippen molar-refractivity contribution < 1.29 is 18.7 Å². The van der Waals surface area contributed by atoms with Crippen LogP contribution in [-0.4, -0.2) is 20.1 Å². The first-order valence-corrected chi connectivity index (χ1v) is 8.06. The molecular weight excluding hydrogens is 334 g/mol. The molecule has 1 amide bonds. The minimum atomic E-state index is -0.520. The number of anilines is 1. The van der Waals surface area contributed by atoms with Gasteiger partial charge in [-0.05, 0) is 48.9 Å². The van der Waals surface area contributed by atoms with E-state index in [0.717, 1.165) is 10.9 Å². The van der Waals surface area contributed by atoms with Gasteiger partial charge < -0.3 is 19.2 Å². The van der Waals surface area contributed by atoms with Crippen LogP contribution in [-0.2, 0) is 11.2 Å². The van der Waals surface area contributed by atoms with Gasteiger partial charge in [-0.15, -0.1) is 0 Å². The first kappa shape index (κ1) is 17.5. The third-order valence-corrected chi connectivity index (χ3v) is 4.21. The number of ether oxygens (including phenoxy) is 2. The molecule has 6 heteroatoms. The van der Waals surface area contributed by atoms with Crippen molar-refractivity contribution >= 4 is 22.6 Å². The van der Waals surface area contributed by atoms with Crippen LogP contribution in [0.2, 0.25) is 0 Å². The predicted octanol–water partition coefficient (Wildman–Crippen LogP) is 3.30. The molecule has 0 unspecified atom stereocenters. The van der Waals surface area contributed by atoms with Crippen molar-refractivity contribution in [2.24, 2.45) is 0 Å². The largest absolute Gasteiger partial charge is 0.497 e. The molecule has 6 nitrogen and oxygen atoms in total. The molecule has 0 radical (unpaired) electrons. The Bertz CT molecular complexity index is 1010. The van der Waals surface area contributed by atoms with Crippen LogP contribution in [0.15, 0.2) is 51.7 Å². The van der Waals surface area contributed by atoms with Gasteiger partial charge in [-0.3, -0.25) is 4.79 Å². The van der Waals surface area contributed by atoms with E-state index in [0.29, 0.717) is 28.3 Å². The van der Waals surface area contributed by atoms with E-state index in [4.69, 9.17) is 13.9 Å². The zero-order valence-corrected chi connectivity index (χ0v) is 14.8. The Morgan fingerprint density at radius 3 is 2.35 bits per heavy atom. The van der Waals surface area contributed by atoms with Crippen LogP contribution in [0.3, 0.4) is 0 Å². The third-order valence-electron chi connectivity index (χ3n) is 4.21. The van der Waals surface area contributed by atoms with E-state index >= 15 is 0 Å². The molecule has 0 aliphatic carbocycles. The molecule has 2 aromatic carbocycles. The summed E-state index contributed by atoms with van der Waals surface area (Å²) in [5.41, 5.74) is 1.61. The molecule has 26 heavy (non-hydrogen) atoms. The number of nitrogens with one attached hydrogen (secondary N) is 1. The molecule has 0 saturated carbocycles. The Balaban J connectivity index is 1.85. The monoisotopic (exact) mass is 353 g/mol. The number of carbonyl (C=O) groups is 1. The quantitative estimate of drug-likeness (QED) is 0.712. The van der Waals surface area contributed by atoms with E-state index in [9.17, 15) is 9.59 Å². The molecule has 3 aromatic rings. The Morgan fingerprint density at radius 2 is 1.69 bits per heavy atom. The average molecular weight is 353 g/mol. The van der Waals surface area contributed by atoms with Crippen molar-refractivity contribution in [3.8, 4) is 11.5 Å². The normalized spacial score (nSPS) is 10.6. The van der Waals surface area contributed by atoms with Crippen molar-refractivity contribution in [2.75, 3.05) is 19.5 Å². The average Bonchev–Trinajstić information content (AvgIpc) is 2.65. The summed E-state index contributed by atoms with van der Waals surface area (Å²) in [6.45, 7) is 1.81. The van der Waals surface area contributed by atoms with Gasteiger partial charge in [-0.25, -0.2) is 4.79 Å². The van der Waals surface area contributed by atoms with Crippen molar-refractivity contribution in [2.45, 2.75) is 13.3 Å². The molecule has 0 saturated heterocycles. The number of hydrogen-bond acceptors (Lipinski definition) is 5. The zero-order chi connectivity index (χ0) is 18.7. The number of carbonyl (C=O) groups excluding carboxylic acids is 1. The van der Waals surface area contributed by atoms with Gasteiger partial charge in [-0.2, -0.15) is 0 Å². The minimum Gasteiger partial charge on any atom is -0.497 e. The standard InChI is InChI=1S/C20H19NO5/c1-12-16-9-8-15(25-3)10-18(16)26-20(23)17(12)11-19(22)21-13-4-6-14(24-2)7-5-13/h4-10H,11H2,1-3H3,(H,21,22). The Labute approximate surface area is 150 Å². The molecule has 0 fully saturated rings. The van der Waals surface area contributed by atoms with Crippen LogP contribution in [0.25, 0.3) is 11.0 Å². The van der Waals surface area contributed by atoms with Crippen LogP contribution < -0.4 is 20.4 Å². The van der Waals surface area contributed by atoms with Crippen LogP contribution in [0.1, 0.15) is 11.1 Å². The maximum atomic E-state index is 12.3. The molecule has 3 rings (SSSR count). The minimum absolute atomic E-state index is 0.0673. The second-order valence-corrected chi connectivity index (χ2v) is 5.81. The molecule has 0 spiro atoms. The van der Waals surface area contributed by atoms with Gasteiger partial charge in [0.15, 0.2) is 0 Å². The van der Waals surface area contributed by atoms with Crippen LogP contribution in [0.5, 0.6) is 11.5 Å². The van der Waals surface area contributed by atoms with Gasteiger partial charge in [-0.1, -0.05) is 0 Å². The van der Waals surface area contributed by atoms with Crippen LogP contribution in [0.4, 0.5) is 5.69 Å². The molecule has 0 aliphatic rings. The number of rotatable bonds is 5. The summed E-state index contributed by atoms with van der Waals surface area (Å²) in [4.78, 5) is 24.7. The van der Waals surface area contributed by atoms with Gasteiger partial charge in [0.05, 0.1) is 26.2 Å². The lowest BCUT2D eigenvalue weighted by atomic mass is 10.0. The molecule has 0 bridgehead atoms. The van der Waals surface area contributed by atoms with E-state index in [-0.39, 0.29) is 12.3 Å². The highest BCUT2D eigenvalue weighted by Gasteiger charge is 2.15. The lowest BCUT2D eigenvalue weighted by molar-refractivity contribution is -0.115. The van der Waals surface area contributed by atoms with Crippen molar-refractivity contribution in [3.05, 3.63) is 64.0 Å². The first-order valence-electron chi connectivity index (χ1n) is 8.06. The number of fused-ring (bicyclic) bond motifs is 1. The summed E-state index contributed by atoms with van der Waals surface area (Å²) in [7, 11) is 3.12. The fraction of sp³-hybridized carbons (Fsp3) is 0.200. The number of aryl methyl sites for hydroxylation is 1. The fourth-order valence-corrected chi connectivity index (χ4v) is 2.75. The summed E-state index contributed by atoms with van der Waals surface area (Å²) in [5.74, 6) is 1.01.